The molecule has 1 rings (SSSR count). The standard InChI is InChI=1S/C14H23N3O3S/c1-10(17-9-14(2,3)13(18)16-4)11-5-7-12(8-6-11)21(15,19)20/h5-8,10,17H,9H2,1-4H3,(H,16,18)(H2,15,19,20). The van der Waals surface area contributed by atoms with Crippen molar-refractivity contribution in [1.29, 1.82) is 0 Å². The first-order valence-electron chi connectivity index (χ1n) is 6.66. The summed E-state index contributed by atoms with van der Waals surface area (Å²) in [6, 6.07) is 6.37. The van der Waals surface area contributed by atoms with Crippen LogP contribution in [-0.2, 0) is 14.8 Å². The van der Waals surface area contributed by atoms with Crippen LogP contribution in [0, 0.1) is 5.41 Å². The fourth-order valence-electron chi connectivity index (χ4n) is 1.89. The molecule has 1 aromatic rings. The van der Waals surface area contributed by atoms with Gasteiger partial charge in [0.05, 0.1) is 10.3 Å². The first-order valence-corrected chi connectivity index (χ1v) is 8.21. The summed E-state index contributed by atoms with van der Waals surface area (Å²) in [5, 5.41) is 11.0. The van der Waals surface area contributed by atoms with Crippen molar-refractivity contribution < 1.29 is 13.2 Å². The topological polar surface area (TPSA) is 101 Å². The van der Waals surface area contributed by atoms with Crippen LogP contribution in [0.3, 0.4) is 0 Å². The summed E-state index contributed by atoms with van der Waals surface area (Å²) in [5.74, 6) is -0.0354. The number of amides is 1. The Kier molecular flexibility index (Phi) is 5.49. The lowest BCUT2D eigenvalue weighted by atomic mass is 9.91. The van der Waals surface area contributed by atoms with Gasteiger partial charge in [0.15, 0.2) is 0 Å². The van der Waals surface area contributed by atoms with E-state index in [0.717, 1.165) is 5.56 Å². The Hall–Kier alpha value is -1.44. The molecule has 0 heterocycles. The Morgan fingerprint density at radius 2 is 1.81 bits per heavy atom. The smallest absolute Gasteiger partial charge is 0.238 e. The van der Waals surface area contributed by atoms with Gasteiger partial charge < -0.3 is 10.6 Å². The van der Waals surface area contributed by atoms with E-state index in [0.29, 0.717) is 6.54 Å². The van der Waals surface area contributed by atoms with Crippen molar-refractivity contribution in [2.24, 2.45) is 10.6 Å². The van der Waals surface area contributed by atoms with Crippen LogP contribution in [0.2, 0.25) is 0 Å². The Morgan fingerprint density at radius 3 is 2.24 bits per heavy atom. The number of carbonyl (C=O) groups is 1. The lowest BCUT2D eigenvalue weighted by Crippen LogP contribution is -2.42. The molecule has 0 aromatic heterocycles. The monoisotopic (exact) mass is 313 g/mol. The minimum Gasteiger partial charge on any atom is -0.359 e. The van der Waals surface area contributed by atoms with E-state index >= 15 is 0 Å². The highest BCUT2D eigenvalue weighted by Crippen LogP contribution is 2.19. The maximum atomic E-state index is 11.7. The number of rotatable bonds is 6. The summed E-state index contributed by atoms with van der Waals surface area (Å²) < 4.78 is 22.4. The van der Waals surface area contributed by atoms with E-state index in [9.17, 15) is 13.2 Å². The molecule has 6 nitrogen and oxygen atoms in total. The van der Waals surface area contributed by atoms with Crippen molar-refractivity contribution in [1.82, 2.24) is 10.6 Å². The van der Waals surface area contributed by atoms with E-state index in [-0.39, 0.29) is 16.8 Å². The van der Waals surface area contributed by atoms with Crippen LogP contribution in [0.25, 0.3) is 0 Å². The van der Waals surface area contributed by atoms with Crippen molar-refractivity contribution in [3.05, 3.63) is 29.8 Å². The van der Waals surface area contributed by atoms with E-state index in [2.05, 4.69) is 10.6 Å². The fourth-order valence-corrected chi connectivity index (χ4v) is 2.41. The second-order valence-electron chi connectivity index (χ2n) is 5.68. The summed E-state index contributed by atoms with van der Waals surface area (Å²) in [6.07, 6.45) is 0. The van der Waals surface area contributed by atoms with Crippen molar-refractivity contribution in [3.8, 4) is 0 Å². The van der Waals surface area contributed by atoms with Gasteiger partial charge in [0.1, 0.15) is 0 Å². The predicted molar refractivity (Wildman–Crippen MR) is 82.1 cm³/mol. The Morgan fingerprint density at radius 1 is 1.29 bits per heavy atom. The molecule has 0 radical (unpaired) electrons. The van der Waals surface area contributed by atoms with Crippen molar-refractivity contribution >= 4 is 15.9 Å². The normalized spacial score (nSPS) is 13.8. The second-order valence-corrected chi connectivity index (χ2v) is 7.24. The van der Waals surface area contributed by atoms with E-state index in [1.54, 1.807) is 19.2 Å². The molecular formula is C14H23N3O3S. The largest absolute Gasteiger partial charge is 0.359 e. The lowest BCUT2D eigenvalue weighted by molar-refractivity contribution is -0.128. The van der Waals surface area contributed by atoms with E-state index in [4.69, 9.17) is 5.14 Å². The number of nitrogens with two attached hydrogens (primary N) is 1. The van der Waals surface area contributed by atoms with Crippen LogP contribution in [0.1, 0.15) is 32.4 Å². The molecule has 21 heavy (non-hydrogen) atoms. The molecule has 7 heteroatoms. The molecule has 1 aromatic carbocycles. The SMILES string of the molecule is CNC(=O)C(C)(C)CNC(C)c1ccc(S(N)(=O)=O)cc1. The third kappa shape index (κ3) is 4.80. The van der Waals surface area contributed by atoms with Crippen LogP contribution < -0.4 is 15.8 Å². The summed E-state index contributed by atoms with van der Waals surface area (Å²) in [6.45, 7) is 6.17. The minimum absolute atomic E-state index is 0.0107. The first kappa shape index (κ1) is 17.6. The second kappa shape index (κ2) is 6.55. The van der Waals surface area contributed by atoms with Crippen LogP contribution in [0.15, 0.2) is 29.2 Å². The fraction of sp³-hybridized carbons (Fsp3) is 0.500. The number of nitrogens with one attached hydrogen (secondary N) is 2. The molecule has 0 aliphatic rings. The van der Waals surface area contributed by atoms with Crippen LogP contribution >= 0.6 is 0 Å². The van der Waals surface area contributed by atoms with Gasteiger partial charge in [-0.25, -0.2) is 13.6 Å². The first-order chi connectivity index (χ1) is 9.58. The molecule has 4 N–H and O–H groups in total. The lowest BCUT2D eigenvalue weighted by Gasteiger charge is -2.25. The maximum Gasteiger partial charge on any atom is 0.238 e. The number of carbonyl (C=O) groups excluding carboxylic acids is 1. The highest BCUT2D eigenvalue weighted by atomic mass is 32.2. The minimum atomic E-state index is -3.67. The van der Waals surface area contributed by atoms with Gasteiger partial charge in [0.25, 0.3) is 0 Å². The van der Waals surface area contributed by atoms with Crippen molar-refractivity contribution in [3.63, 3.8) is 0 Å². The maximum absolute atomic E-state index is 11.7. The molecule has 0 fully saturated rings. The van der Waals surface area contributed by atoms with E-state index < -0.39 is 15.4 Å². The number of hydrogen-bond acceptors (Lipinski definition) is 4. The zero-order valence-electron chi connectivity index (χ0n) is 12.8. The van der Waals surface area contributed by atoms with E-state index in [1.165, 1.54) is 12.1 Å². The Labute approximate surface area is 126 Å². The van der Waals surface area contributed by atoms with Crippen molar-refractivity contribution in [2.75, 3.05) is 13.6 Å². The molecule has 0 saturated carbocycles. The van der Waals surface area contributed by atoms with Crippen LogP contribution in [0.5, 0.6) is 0 Å². The summed E-state index contributed by atoms with van der Waals surface area (Å²) in [4.78, 5) is 11.8. The van der Waals surface area contributed by atoms with Crippen LogP contribution in [-0.4, -0.2) is 27.9 Å². The molecule has 1 unspecified atom stereocenters. The van der Waals surface area contributed by atoms with Gasteiger partial charge in [-0.05, 0) is 38.5 Å². The average Bonchev–Trinajstić information content (AvgIpc) is 2.43. The van der Waals surface area contributed by atoms with Gasteiger partial charge in [-0.3, -0.25) is 4.79 Å². The number of sulfonamides is 1. The van der Waals surface area contributed by atoms with Gasteiger partial charge >= 0.3 is 0 Å². The molecule has 0 bridgehead atoms. The molecule has 1 atom stereocenters. The molecule has 0 aliphatic carbocycles. The molecule has 0 aliphatic heterocycles. The summed E-state index contributed by atoms with van der Waals surface area (Å²) in [7, 11) is -2.06. The molecule has 0 spiro atoms. The van der Waals surface area contributed by atoms with Gasteiger partial charge in [0.2, 0.25) is 15.9 Å². The molecule has 1 amide bonds. The van der Waals surface area contributed by atoms with Crippen LogP contribution in [0.4, 0.5) is 0 Å². The Bertz CT molecular complexity index is 594. The highest BCUT2D eigenvalue weighted by Gasteiger charge is 2.26. The predicted octanol–water partition coefficient (Wildman–Crippen LogP) is 0.757. The van der Waals surface area contributed by atoms with Gasteiger partial charge in [-0.1, -0.05) is 12.1 Å². The third-order valence-corrected chi connectivity index (χ3v) is 4.33. The molecular weight excluding hydrogens is 290 g/mol. The zero-order chi connectivity index (χ0) is 16.3. The number of primary sulfonamides is 1. The van der Waals surface area contributed by atoms with Gasteiger partial charge in [-0.15, -0.1) is 0 Å². The summed E-state index contributed by atoms with van der Waals surface area (Å²) >= 11 is 0. The van der Waals surface area contributed by atoms with Gasteiger partial charge in [-0.2, -0.15) is 0 Å². The van der Waals surface area contributed by atoms with Crippen molar-refractivity contribution in [2.45, 2.75) is 31.7 Å². The zero-order valence-corrected chi connectivity index (χ0v) is 13.6. The third-order valence-electron chi connectivity index (χ3n) is 3.40. The number of hydrogen-bond donors (Lipinski definition) is 3. The quantitative estimate of drug-likeness (QED) is 0.721. The average molecular weight is 313 g/mol. The molecule has 118 valence electrons. The Balaban J connectivity index is 2.73. The highest BCUT2D eigenvalue weighted by molar-refractivity contribution is 7.89. The van der Waals surface area contributed by atoms with Gasteiger partial charge in [0, 0.05) is 19.6 Å². The summed E-state index contributed by atoms with van der Waals surface area (Å²) in [5.41, 5.74) is 0.402. The number of benzene rings is 1. The molecule has 0 saturated heterocycles. The van der Waals surface area contributed by atoms with E-state index in [1.807, 2.05) is 20.8 Å².